The van der Waals surface area contributed by atoms with Crippen molar-refractivity contribution in [2.24, 2.45) is 0 Å². The molecule has 0 aromatic carbocycles. The molecule has 0 aliphatic rings. The topological polar surface area (TPSA) is 0 Å². The molecule has 0 spiro atoms. The molecule has 24 valence electrons. The van der Waals surface area contributed by atoms with E-state index in [4.69, 9.17) is 0 Å². The Morgan fingerprint density at radius 3 is 1.75 bits per heavy atom. The van der Waals surface area contributed by atoms with Gasteiger partial charge in [-0.05, 0) is 0 Å². The molecule has 0 saturated carbocycles. The van der Waals surface area contributed by atoms with Gasteiger partial charge in [0, 0.05) is 0 Å². The molecular formula is C2H6ClGa. The van der Waals surface area contributed by atoms with Crippen LogP contribution in [0.5, 0.6) is 0 Å². The van der Waals surface area contributed by atoms with Crippen molar-refractivity contribution in [3.8, 4) is 0 Å². The predicted octanol–water partition coefficient (Wildman–Crippen LogP) is -2.67. The molecule has 0 unspecified atom stereocenters. The third kappa shape index (κ3) is 12.7. The maximum absolute atomic E-state index is 2.18. The summed E-state index contributed by atoms with van der Waals surface area (Å²) in [7, 11) is 0. The van der Waals surface area contributed by atoms with E-state index in [-0.39, 0.29) is 12.4 Å². The number of rotatable bonds is 0. The van der Waals surface area contributed by atoms with Crippen molar-refractivity contribution in [1.29, 1.82) is 0 Å². The molecule has 0 aromatic rings. The molecule has 0 N–H and O–H groups in total. The monoisotopic (exact) mass is 134 g/mol. The minimum Gasteiger partial charge on any atom is -1.00 e. The fourth-order valence-corrected chi connectivity index (χ4v) is 0. The summed E-state index contributed by atoms with van der Waals surface area (Å²) in [5.74, 6) is 0. The second-order valence-corrected chi connectivity index (χ2v) is 2.60. The Hall–Kier alpha value is 0.926. The largest absolute Gasteiger partial charge is 1.00 e. The molecule has 0 aliphatic carbocycles. The first-order chi connectivity index (χ1) is 1.41. The van der Waals surface area contributed by atoms with Crippen LogP contribution in [0.1, 0.15) is 6.92 Å². The quantitative estimate of drug-likeness (QED) is 0.318. The Balaban J connectivity index is 0. The summed E-state index contributed by atoms with van der Waals surface area (Å²) >= 11 is 1.44. The molecule has 0 atom stereocenters. The van der Waals surface area contributed by atoms with E-state index in [0.29, 0.717) is 0 Å². The van der Waals surface area contributed by atoms with Crippen LogP contribution in [-0.2, 0) is 0 Å². The normalized spacial score (nSPS) is 4.00. The minimum atomic E-state index is 0. The summed E-state index contributed by atoms with van der Waals surface area (Å²) in [6.45, 7) is 2.18. The number of halogens is 1. The molecule has 0 heterocycles. The number of hydrogen-bond donors (Lipinski definition) is 0. The maximum Gasteiger partial charge on any atom is -1.00 e. The van der Waals surface area contributed by atoms with Gasteiger partial charge in [-0.25, -0.2) is 0 Å². The summed E-state index contributed by atoms with van der Waals surface area (Å²) in [5, 5.41) is 0. The third-order valence-corrected chi connectivity index (χ3v) is 0. The van der Waals surface area contributed by atoms with Crippen molar-refractivity contribution in [3.63, 3.8) is 0 Å². The molecule has 0 bridgehead atoms. The van der Waals surface area contributed by atoms with Gasteiger partial charge < -0.3 is 12.4 Å². The Labute approximate surface area is 43.3 Å². The van der Waals surface area contributed by atoms with Crippen molar-refractivity contribution in [2.45, 2.75) is 11.9 Å². The van der Waals surface area contributed by atoms with Crippen molar-refractivity contribution in [1.82, 2.24) is 0 Å². The smallest absolute Gasteiger partial charge is 1.00 e. The molecule has 0 nitrogen and oxygen atoms in total. The average molecular weight is 135 g/mol. The van der Waals surface area contributed by atoms with E-state index < -0.39 is 0 Å². The average Bonchev–Trinajstić information content (AvgIpc) is 0.918. The zero-order valence-corrected chi connectivity index (χ0v) is 6.52. The first-order valence-corrected chi connectivity index (χ1v) is 3.31. The van der Waals surface area contributed by atoms with Crippen LogP contribution in [0, 0.1) is 0 Å². The molecule has 2 heteroatoms. The van der Waals surface area contributed by atoms with Crippen molar-refractivity contribution < 1.29 is 12.4 Å². The van der Waals surface area contributed by atoms with E-state index in [0.717, 1.165) is 0 Å². The van der Waals surface area contributed by atoms with Crippen LogP contribution in [0.4, 0.5) is 0 Å². The number of hydrogen-bond acceptors (Lipinski definition) is 0. The van der Waals surface area contributed by atoms with Gasteiger partial charge in [-0.2, -0.15) is 0 Å². The van der Waals surface area contributed by atoms with Crippen LogP contribution in [0.2, 0.25) is 4.98 Å². The molecule has 0 amide bonds. The molecular weight excluding hydrogens is 129 g/mol. The van der Waals surface area contributed by atoms with Crippen LogP contribution in [-0.4, -0.2) is 18.6 Å². The van der Waals surface area contributed by atoms with Crippen molar-refractivity contribution in [2.75, 3.05) is 0 Å². The summed E-state index contributed by atoms with van der Waals surface area (Å²) < 4.78 is 0. The van der Waals surface area contributed by atoms with E-state index in [1.165, 1.54) is 23.6 Å². The van der Waals surface area contributed by atoms with Crippen LogP contribution >= 0.6 is 0 Å². The summed E-state index contributed by atoms with van der Waals surface area (Å²) in [6.07, 6.45) is 0. The first-order valence-electron chi connectivity index (χ1n) is 1.21. The predicted molar refractivity (Wildman–Crippen MR) is 17.6 cm³/mol. The Morgan fingerprint density at radius 2 is 1.75 bits per heavy atom. The molecule has 0 aromatic heterocycles. The van der Waals surface area contributed by atoms with E-state index >= 15 is 0 Å². The standard InChI is InChI=1S/C2H5.ClH.Ga.H/c1-2;;;/h1H2,2H3;1H;;/q;;+1;/p-1. The molecule has 0 saturated heterocycles. The van der Waals surface area contributed by atoms with Crippen LogP contribution < -0.4 is 12.4 Å². The van der Waals surface area contributed by atoms with Gasteiger partial charge >= 0.3 is 30.5 Å². The zero-order valence-electron chi connectivity index (χ0n) is 2.79. The Kier molecular flexibility index (Phi) is 20.1. The van der Waals surface area contributed by atoms with Crippen LogP contribution in [0.3, 0.4) is 0 Å². The second kappa shape index (κ2) is 9.06. The van der Waals surface area contributed by atoms with Gasteiger partial charge in [-0.1, -0.05) is 0 Å². The second-order valence-electron chi connectivity index (χ2n) is 0.500. The van der Waals surface area contributed by atoms with Gasteiger partial charge in [0.2, 0.25) is 0 Å². The molecule has 0 fully saturated rings. The summed E-state index contributed by atoms with van der Waals surface area (Å²) in [5.41, 5.74) is 0. The van der Waals surface area contributed by atoms with E-state index in [1.54, 1.807) is 0 Å². The van der Waals surface area contributed by atoms with Gasteiger partial charge in [-0.15, -0.1) is 0 Å². The fourth-order valence-electron chi connectivity index (χ4n) is 0. The van der Waals surface area contributed by atoms with Gasteiger partial charge in [0.15, 0.2) is 0 Å². The summed E-state index contributed by atoms with van der Waals surface area (Å²) in [6, 6.07) is 0. The molecule has 0 rings (SSSR count). The van der Waals surface area contributed by atoms with Crippen molar-refractivity contribution >= 4 is 18.6 Å². The Bertz CT molecular complexity index is 6.00. The van der Waals surface area contributed by atoms with E-state index in [1.807, 2.05) is 0 Å². The molecule has 0 aliphatic heterocycles. The maximum atomic E-state index is 2.18. The van der Waals surface area contributed by atoms with E-state index in [2.05, 4.69) is 6.92 Å². The third-order valence-electron chi connectivity index (χ3n) is 0. The molecule has 4 heavy (non-hydrogen) atoms. The van der Waals surface area contributed by atoms with E-state index in [9.17, 15) is 0 Å². The summed E-state index contributed by atoms with van der Waals surface area (Å²) in [4.78, 5) is 1.38. The molecule has 0 radical (unpaired) electrons. The Morgan fingerprint density at radius 1 is 1.75 bits per heavy atom. The van der Waals surface area contributed by atoms with Gasteiger partial charge in [0.1, 0.15) is 0 Å². The van der Waals surface area contributed by atoms with Crippen molar-refractivity contribution in [3.05, 3.63) is 0 Å². The van der Waals surface area contributed by atoms with Gasteiger partial charge in [0.25, 0.3) is 0 Å². The zero-order chi connectivity index (χ0) is 2.71. The minimum absolute atomic E-state index is 0. The first kappa shape index (κ1) is 8.87. The van der Waals surface area contributed by atoms with Gasteiger partial charge in [0.05, 0.1) is 0 Å². The van der Waals surface area contributed by atoms with Crippen LogP contribution in [0.15, 0.2) is 0 Å². The SMILES string of the molecule is C[CH2][GaH+].[Cl-]. The van der Waals surface area contributed by atoms with Crippen LogP contribution in [0.25, 0.3) is 0 Å². The van der Waals surface area contributed by atoms with Gasteiger partial charge in [-0.3, -0.25) is 0 Å². The fraction of sp³-hybridized carbons (Fsp3) is 1.00.